The first-order chi connectivity index (χ1) is 5.06. The number of carbonyl (C=O) groups is 2. The van der Waals surface area contributed by atoms with Gasteiger partial charge in [0.1, 0.15) is 0 Å². The normalized spacial score (nSPS) is 11.9. The largest absolute Gasteiger partial charge is 0.453 e. The van der Waals surface area contributed by atoms with Gasteiger partial charge in [-0.3, -0.25) is 4.79 Å². The molecule has 0 aliphatic heterocycles. The second-order valence-electron chi connectivity index (χ2n) is 2.10. The molecule has 0 radical (unpaired) electrons. The summed E-state index contributed by atoms with van der Waals surface area (Å²) in [4.78, 5) is 20.8. The predicted octanol–water partition coefficient (Wildman–Crippen LogP) is 0.886. The van der Waals surface area contributed by atoms with Crippen molar-refractivity contribution in [3.63, 3.8) is 0 Å². The summed E-state index contributed by atoms with van der Waals surface area (Å²) >= 11 is 5.07. The molecule has 5 heteroatoms. The molecule has 0 bridgehead atoms. The molecule has 4 nitrogen and oxygen atoms in total. The van der Waals surface area contributed by atoms with Crippen molar-refractivity contribution in [3.05, 3.63) is 0 Å². The first-order valence-electron chi connectivity index (χ1n) is 3.09. The molecule has 0 saturated heterocycles. The van der Waals surface area contributed by atoms with Gasteiger partial charge in [-0.15, -0.1) is 0 Å². The van der Waals surface area contributed by atoms with E-state index < -0.39 is 11.3 Å². The van der Waals surface area contributed by atoms with Crippen LogP contribution in [-0.2, 0) is 9.53 Å². The Morgan fingerprint density at radius 3 is 2.55 bits per heavy atom. The molecule has 0 spiro atoms. The van der Waals surface area contributed by atoms with E-state index in [2.05, 4.69) is 10.1 Å². The van der Waals surface area contributed by atoms with Gasteiger partial charge in [0.2, 0.25) is 5.24 Å². The number of amides is 1. The molecule has 0 aromatic rings. The molecule has 0 heterocycles. The lowest BCUT2D eigenvalue weighted by Gasteiger charge is -2.09. The highest BCUT2D eigenvalue weighted by atomic mass is 35.5. The van der Waals surface area contributed by atoms with Crippen molar-refractivity contribution in [2.45, 2.75) is 19.4 Å². The summed E-state index contributed by atoms with van der Waals surface area (Å²) in [6.07, 6.45) is -0.452. The summed E-state index contributed by atoms with van der Waals surface area (Å²) in [5, 5.41) is 1.92. The number of halogens is 1. The van der Waals surface area contributed by atoms with E-state index >= 15 is 0 Å². The fourth-order valence-corrected chi connectivity index (χ4v) is 0.783. The van der Waals surface area contributed by atoms with Crippen LogP contribution in [0.3, 0.4) is 0 Å². The maximum absolute atomic E-state index is 10.5. The summed E-state index contributed by atoms with van der Waals surface area (Å²) < 4.78 is 4.30. The van der Waals surface area contributed by atoms with Crippen LogP contribution >= 0.6 is 11.6 Å². The summed E-state index contributed by atoms with van der Waals surface area (Å²) in [5.74, 6) is 0. The maximum Gasteiger partial charge on any atom is 0.407 e. The van der Waals surface area contributed by atoms with Crippen LogP contribution in [0, 0.1) is 0 Å². The van der Waals surface area contributed by atoms with E-state index in [1.165, 1.54) is 7.11 Å². The van der Waals surface area contributed by atoms with Gasteiger partial charge in [-0.25, -0.2) is 4.79 Å². The Bertz CT molecular complexity index is 160. The van der Waals surface area contributed by atoms with Gasteiger partial charge in [0.25, 0.3) is 0 Å². The van der Waals surface area contributed by atoms with Gasteiger partial charge >= 0.3 is 6.09 Å². The van der Waals surface area contributed by atoms with E-state index in [4.69, 9.17) is 11.6 Å². The van der Waals surface area contributed by atoms with Crippen molar-refractivity contribution in [2.24, 2.45) is 0 Å². The van der Waals surface area contributed by atoms with Crippen molar-refractivity contribution in [2.75, 3.05) is 7.11 Å². The smallest absolute Gasteiger partial charge is 0.407 e. The quantitative estimate of drug-likeness (QED) is 0.655. The van der Waals surface area contributed by atoms with Gasteiger partial charge in [-0.2, -0.15) is 0 Å². The Morgan fingerprint density at radius 1 is 1.64 bits per heavy atom. The molecule has 1 atom stereocenters. The molecule has 64 valence electrons. The Kier molecular flexibility index (Phi) is 4.61. The summed E-state index contributed by atoms with van der Waals surface area (Å²) in [6, 6.07) is -0.285. The van der Waals surface area contributed by atoms with Crippen LogP contribution in [0.15, 0.2) is 0 Å². The van der Waals surface area contributed by atoms with Crippen molar-refractivity contribution < 1.29 is 14.3 Å². The molecule has 0 aromatic carbocycles. The van der Waals surface area contributed by atoms with Crippen LogP contribution < -0.4 is 5.32 Å². The minimum atomic E-state index is -0.560. The highest BCUT2D eigenvalue weighted by Gasteiger charge is 2.09. The van der Waals surface area contributed by atoms with E-state index in [0.29, 0.717) is 0 Å². The second kappa shape index (κ2) is 4.96. The van der Waals surface area contributed by atoms with Crippen LogP contribution in [0.5, 0.6) is 0 Å². The molecule has 0 aliphatic carbocycles. The molecule has 0 aliphatic rings. The molecular weight excluding hydrogens is 170 g/mol. The third-order valence-corrected chi connectivity index (χ3v) is 1.17. The topological polar surface area (TPSA) is 55.4 Å². The number of ether oxygens (including phenoxy) is 1. The number of hydrogen-bond acceptors (Lipinski definition) is 3. The second-order valence-corrected chi connectivity index (χ2v) is 2.52. The van der Waals surface area contributed by atoms with E-state index in [0.717, 1.165) is 0 Å². The average Bonchev–Trinajstić information content (AvgIpc) is 1.85. The van der Waals surface area contributed by atoms with E-state index in [-0.39, 0.29) is 12.5 Å². The minimum absolute atomic E-state index is 0.108. The zero-order valence-corrected chi connectivity index (χ0v) is 7.14. The molecule has 0 saturated carbocycles. The Balaban J connectivity index is 3.60. The van der Waals surface area contributed by atoms with E-state index in [9.17, 15) is 9.59 Å². The third-order valence-electron chi connectivity index (χ3n) is 1.02. The number of methoxy groups -OCH3 is 1. The van der Waals surface area contributed by atoms with Gasteiger partial charge in [0.15, 0.2) is 0 Å². The number of nitrogens with one attached hydrogen (secondary N) is 1. The molecule has 1 N–H and O–H groups in total. The SMILES string of the molecule is COC(=O)NC(C)CC(=O)Cl. The van der Waals surface area contributed by atoms with Crippen LogP contribution in [0.1, 0.15) is 13.3 Å². The standard InChI is InChI=1S/C6H10ClNO3/c1-4(3-5(7)9)8-6(10)11-2/h4H,3H2,1-2H3,(H,8,10). The molecule has 11 heavy (non-hydrogen) atoms. The minimum Gasteiger partial charge on any atom is -0.453 e. The molecule has 1 amide bonds. The van der Waals surface area contributed by atoms with Crippen LogP contribution in [-0.4, -0.2) is 24.5 Å². The van der Waals surface area contributed by atoms with Crippen LogP contribution in [0.2, 0.25) is 0 Å². The summed E-state index contributed by atoms with van der Waals surface area (Å²) in [7, 11) is 1.25. The van der Waals surface area contributed by atoms with Gasteiger partial charge in [0.05, 0.1) is 7.11 Å². The average molecular weight is 180 g/mol. The summed E-state index contributed by atoms with van der Waals surface area (Å²) in [6.45, 7) is 1.66. The number of hydrogen-bond donors (Lipinski definition) is 1. The van der Waals surface area contributed by atoms with Crippen molar-refractivity contribution in [1.82, 2.24) is 5.32 Å². The van der Waals surface area contributed by atoms with Gasteiger partial charge < -0.3 is 10.1 Å². The first-order valence-corrected chi connectivity index (χ1v) is 3.47. The molecule has 1 unspecified atom stereocenters. The maximum atomic E-state index is 10.5. The monoisotopic (exact) mass is 179 g/mol. The fraction of sp³-hybridized carbons (Fsp3) is 0.667. The van der Waals surface area contributed by atoms with Crippen molar-refractivity contribution >= 4 is 22.9 Å². The van der Waals surface area contributed by atoms with Crippen molar-refractivity contribution in [1.29, 1.82) is 0 Å². The van der Waals surface area contributed by atoms with Gasteiger partial charge in [-0.05, 0) is 18.5 Å². The molecule has 0 fully saturated rings. The van der Waals surface area contributed by atoms with E-state index in [1.54, 1.807) is 6.92 Å². The number of carbonyl (C=O) groups excluding carboxylic acids is 2. The van der Waals surface area contributed by atoms with Crippen LogP contribution in [0.25, 0.3) is 0 Å². The van der Waals surface area contributed by atoms with Crippen LogP contribution in [0.4, 0.5) is 4.79 Å². The Morgan fingerprint density at radius 2 is 2.18 bits per heavy atom. The van der Waals surface area contributed by atoms with Gasteiger partial charge in [-0.1, -0.05) is 0 Å². The predicted molar refractivity (Wildman–Crippen MR) is 40.5 cm³/mol. The number of rotatable bonds is 3. The lowest BCUT2D eigenvalue weighted by Crippen LogP contribution is -2.33. The number of alkyl carbamates (subject to hydrolysis) is 1. The highest BCUT2D eigenvalue weighted by Crippen LogP contribution is 1.95. The molecular formula is C6H10ClNO3. The van der Waals surface area contributed by atoms with Crippen molar-refractivity contribution in [3.8, 4) is 0 Å². The first kappa shape index (κ1) is 10.2. The lowest BCUT2D eigenvalue weighted by atomic mass is 10.3. The zero-order chi connectivity index (χ0) is 8.85. The Hall–Kier alpha value is -0.770. The lowest BCUT2D eigenvalue weighted by molar-refractivity contribution is -0.112. The highest BCUT2D eigenvalue weighted by molar-refractivity contribution is 6.63. The zero-order valence-electron chi connectivity index (χ0n) is 6.39. The molecule has 0 rings (SSSR count). The summed E-state index contributed by atoms with van der Waals surface area (Å²) in [5.41, 5.74) is 0. The molecule has 0 aromatic heterocycles. The fourth-order valence-electron chi connectivity index (χ4n) is 0.552. The Labute approximate surface area is 69.9 Å². The van der Waals surface area contributed by atoms with E-state index in [1.807, 2.05) is 0 Å². The third kappa shape index (κ3) is 5.66. The van der Waals surface area contributed by atoms with Gasteiger partial charge in [0, 0.05) is 12.5 Å².